The lowest BCUT2D eigenvalue weighted by Gasteiger charge is -2.13. The maximum Gasteiger partial charge on any atom is 0.220 e. The summed E-state index contributed by atoms with van der Waals surface area (Å²) in [7, 11) is 0. The van der Waals surface area contributed by atoms with Gasteiger partial charge in [-0.05, 0) is 36.8 Å². The highest BCUT2D eigenvalue weighted by Gasteiger charge is 2.09. The minimum absolute atomic E-state index is 0.0163. The van der Waals surface area contributed by atoms with Crippen LogP contribution in [-0.2, 0) is 11.2 Å². The van der Waals surface area contributed by atoms with Gasteiger partial charge < -0.3 is 15.4 Å². The Hall–Kier alpha value is -1.81. The Kier molecular flexibility index (Phi) is 6.01. The van der Waals surface area contributed by atoms with Gasteiger partial charge in [-0.3, -0.25) is 4.79 Å². The molecule has 0 saturated carbocycles. The predicted octanol–water partition coefficient (Wildman–Crippen LogP) is 3.01. The van der Waals surface area contributed by atoms with Gasteiger partial charge in [-0.1, -0.05) is 32.0 Å². The largest absolute Gasteiger partial charge is 0.391 e. The van der Waals surface area contributed by atoms with Crippen LogP contribution in [-0.4, -0.2) is 28.6 Å². The summed E-state index contributed by atoms with van der Waals surface area (Å²) < 4.78 is 0. The van der Waals surface area contributed by atoms with Crippen molar-refractivity contribution >= 4 is 16.8 Å². The van der Waals surface area contributed by atoms with Gasteiger partial charge in [0.15, 0.2) is 0 Å². The van der Waals surface area contributed by atoms with E-state index in [0.717, 1.165) is 24.8 Å². The fraction of sp³-hybridized carbons (Fsp3) is 0.500. The maximum absolute atomic E-state index is 11.8. The first kappa shape index (κ1) is 16.6. The highest BCUT2D eigenvalue weighted by atomic mass is 16.3. The third-order valence-corrected chi connectivity index (χ3v) is 3.80. The molecule has 2 aromatic rings. The first-order valence-corrected chi connectivity index (χ1v) is 8.06. The van der Waals surface area contributed by atoms with E-state index in [-0.39, 0.29) is 5.91 Å². The Labute approximate surface area is 131 Å². The second-order valence-electron chi connectivity index (χ2n) is 6.30. The minimum Gasteiger partial charge on any atom is -0.391 e. The van der Waals surface area contributed by atoms with Gasteiger partial charge in [0.05, 0.1) is 6.10 Å². The third kappa shape index (κ3) is 4.88. The fourth-order valence-electron chi connectivity index (χ4n) is 2.73. The predicted molar refractivity (Wildman–Crippen MR) is 89.7 cm³/mol. The number of nitrogens with one attached hydrogen (secondary N) is 2. The quantitative estimate of drug-likeness (QED) is 0.702. The van der Waals surface area contributed by atoms with Gasteiger partial charge in [-0.2, -0.15) is 0 Å². The van der Waals surface area contributed by atoms with Crippen molar-refractivity contribution < 1.29 is 9.90 Å². The summed E-state index contributed by atoms with van der Waals surface area (Å²) in [4.78, 5) is 15.0. The Balaban J connectivity index is 1.71. The zero-order valence-corrected chi connectivity index (χ0v) is 13.4. The van der Waals surface area contributed by atoms with E-state index in [2.05, 4.69) is 36.3 Å². The summed E-state index contributed by atoms with van der Waals surface area (Å²) in [6, 6.07) is 8.20. The number of hydrogen-bond donors (Lipinski definition) is 3. The second-order valence-corrected chi connectivity index (χ2v) is 6.30. The molecule has 0 aliphatic carbocycles. The van der Waals surface area contributed by atoms with E-state index >= 15 is 0 Å². The lowest BCUT2D eigenvalue weighted by molar-refractivity contribution is -0.121. The van der Waals surface area contributed by atoms with E-state index in [1.807, 2.05) is 18.3 Å². The molecule has 0 radical (unpaired) electrons. The first-order valence-electron chi connectivity index (χ1n) is 8.06. The van der Waals surface area contributed by atoms with Crippen LogP contribution in [0.5, 0.6) is 0 Å². The molecule has 1 unspecified atom stereocenters. The van der Waals surface area contributed by atoms with Gasteiger partial charge in [0.1, 0.15) is 0 Å². The van der Waals surface area contributed by atoms with Crippen LogP contribution in [0.4, 0.5) is 0 Å². The number of rotatable bonds is 8. The molecule has 1 aromatic carbocycles. The van der Waals surface area contributed by atoms with Crippen LogP contribution in [0.15, 0.2) is 30.5 Å². The van der Waals surface area contributed by atoms with Gasteiger partial charge in [0.25, 0.3) is 0 Å². The number of aromatic amines is 1. The Morgan fingerprint density at radius 3 is 2.86 bits per heavy atom. The molecule has 0 saturated heterocycles. The van der Waals surface area contributed by atoms with Crippen LogP contribution in [0.3, 0.4) is 0 Å². The number of aryl methyl sites for hydroxylation is 1. The zero-order valence-electron chi connectivity index (χ0n) is 13.4. The highest BCUT2D eigenvalue weighted by molar-refractivity contribution is 5.83. The minimum atomic E-state index is -0.447. The van der Waals surface area contributed by atoms with Crippen LogP contribution < -0.4 is 5.32 Å². The van der Waals surface area contributed by atoms with E-state index in [9.17, 15) is 9.90 Å². The lowest BCUT2D eigenvalue weighted by Crippen LogP contribution is -2.32. The van der Waals surface area contributed by atoms with Crippen molar-refractivity contribution in [2.24, 2.45) is 5.92 Å². The summed E-state index contributed by atoms with van der Waals surface area (Å²) in [5.74, 6) is 0.455. The second kappa shape index (κ2) is 7.99. The lowest BCUT2D eigenvalue weighted by atomic mass is 10.1. The van der Waals surface area contributed by atoms with Crippen LogP contribution in [0.1, 0.15) is 38.7 Å². The SMILES string of the molecule is CC(C)CC(O)CNC(=O)CCCc1c[nH]c2ccccc12. The fourth-order valence-corrected chi connectivity index (χ4v) is 2.73. The number of aliphatic hydroxyl groups excluding tert-OH is 1. The molecule has 1 aromatic heterocycles. The molecule has 22 heavy (non-hydrogen) atoms. The molecule has 120 valence electrons. The van der Waals surface area contributed by atoms with Gasteiger partial charge in [0.2, 0.25) is 5.91 Å². The van der Waals surface area contributed by atoms with Crippen LogP contribution in [0, 0.1) is 5.92 Å². The average molecular weight is 302 g/mol. The number of fused-ring (bicyclic) bond motifs is 1. The van der Waals surface area contributed by atoms with Gasteiger partial charge >= 0.3 is 0 Å². The summed E-state index contributed by atoms with van der Waals surface area (Å²) >= 11 is 0. The van der Waals surface area contributed by atoms with E-state index < -0.39 is 6.10 Å². The number of carbonyl (C=O) groups excluding carboxylic acids is 1. The Bertz CT molecular complexity index is 604. The summed E-state index contributed by atoms with van der Waals surface area (Å²) in [5, 5.41) is 13.8. The van der Waals surface area contributed by atoms with E-state index in [1.54, 1.807) is 0 Å². The molecular formula is C18H26N2O2. The van der Waals surface area contributed by atoms with Gasteiger partial charge in [-0.15, -0.1) is 0 Å². The molecule has 0 aliphatic rings. The number of para-hydroxylation sites is 1. The molecule has 0 bridgehead atoms. The monoisotopic (exact) mass is 302 g/mol. The summed E-state index contributed by atoms with van der Waals surface area (Å²) in [5.41, 5.74) is 2.39. The standard InChI is InChI=1S/C18H26N2O2/c1-13(2)10-15(21)12-20-18(22)9-5-6-14-11-19-17-8-4-3-7-16(14)17/h3-4,7-8,11,13,15,19,21H,5-6,9-10,12H2,1-2H3,(H,20,22). The normalized spacial score (nSPS) is 12.7. The number of H-pyrrole nitrogens is 1. The van der Waals surface area contributed by atoms with Gasteiger partial charge in [0, 0.05) is 30.1 Å². The summed E-state index contributed by atoms with van der Waals surface area (Å²) in [6.45, 7) is 4.47. The number of aliphatic hydroxyl groups is 1. The highest BCUT2D eigenvalue weighted by Crippen LogP contribution is 2.19. The van der Waals surface area contributed by atoms with E-state index in [0.29, 0.717) is 18.9 Å². The maximum atomic E-state index is 11.8. The van der Waals surface area contributed by atoms with Crippen molar-refractivity contribution in [2.45, 2.75) is 45.6 Å². The molecule has 4 nitrogen and oxygen atoms in total. The molecule has 1 heterocycles. The number of amides is 1. The van der Waals surface area contributed by atoms with Gasteiger partial charge in [-0.25, -0.2) is 0 Å². The molecule has 4 heteroatoms. The molecule has 0 aliphatic heterocycles. The van der Waals surface area contributed by atoms with Crippen molar-refractivity contribution in [2.75, 3.05) is 6.54 Å². The van der Waals surface area contributed by atoms with Crippen LogP contribution >= 0.6 is 0 Å². The molecule has 2 rings (SSSR count). The number of aromatic nitrogens is 1. The van der Waals surface area contributed by atoms with Crippen molar-refractivity contribution in [1.82, 2.24) is 10.3 Å². The van der Waals surface area contributed by atoms with Crippen LogP contribution in [0.25, 0.3) is 10.9 Å². The average Bonchev–Trinajstić information content (AvgIpc) is 2.88. The van der Waals surface area contributed by atoms with Crippen molar-refractivity contribution in [3.8, 4) is 0 Å². The number of benzene rings is 1. The third-order valence-electron chi connectivity index (χ3n) is 3.80. The molecule has 1 atom stereocenters. The van der Waals surface area contributed by atoms with Crippen molar-refractivity contribution in [1.29, 1.82) is 0 Å². The van der Waals surface area contributed by atoms with Crippen molar-refractivity contribution in [3.63, 3.8) is 0 Å². The van der Waals surface area contributed by atoms with E-state index in [1.165, 1.54) is 10.9 Å². The van der Waals surface area contributed by atoms with Crippen LogP contribution in [0.2, 0.25) is 0 Å². The Morgan fingerprint density at radius 1 is 1.32 bits per heavy atom. The molecule has 0 spiro atoms. The zero-order chi connectivity index (χ0) is 15.9. The molecule has 3 N–H and O–H groups in total. The topological polar surface area (TPSA) is 65.1 Å². The Morgan fingerprint density at radius 2 is 2.09 bits per heavy atom. The summed E-state index contributed by atoms with van der Waals surface area (Å²) in [6.07, 6.45) is 4.48. The van der Waals surface area contributed by atoms with Crippen molar-refractivity contribution in [3.05, 3.63) is 36.0 Å². The molecular weight excluding hydrogens is 276 g/mol. The first-order chi connectivity index (χ1) is 10.6. The number of carbonyl (C=O) groups is 1. The molecule has 0 fully saturated rings. The van der Waals surface area contributed by atoms with E-state index in [4.69, 9.17) is 0 Å². The number of hydrogen-bond acceptors (Lipinski definition) is 2. The molecule has 1 amide bonds. The smallest absolute Gasteiger partial charge is 0.220 e.